The maximum Gasteiger partial charge on any atom is 0.315 e. The Labute approximate surface area is 118 Å². The van der Waals surface area contributed by atoms with Gasteiger partial charge in [-0.25, -0.2) is 0 Å². The molecule has 0 spiro atoms. The molecular formula is C12H22N4O4. The van der Waals surface area contributed by atoms with Crippen molar-refractivity contribution in [3.05, 3.63) is 5.89 Å². The van der Waals surface area contributed by atoms with Crippen molar-refractivity contribution in [3.8, 4) is 0 Å². The summed E-state index contributed by atoms with van der Waals surface area (Å²) >= 11 is 0. The molecule has 1 aromatic rings. The van der Waals surface area contributed by atoms with E-state index < -0.39 is 0 Å². The molecule has 1 aliphatic heterocycles. The van der Waals surface area contributed by atoms with Crippen LogP contribution in [0.2, 0.25) is 0 Å². The smallest absolute Gasteiger partial charge is 0.315 e. The summed E-state index contributed by atoms with van der Waals surface area (Å²) in [5, 5.41) is 14.1. The van der Waals surface area contributed by atoms with Crippen LogP contribution < -0.4 is 10.6 Å². The number of rotatable bonds is 9. The number of nitrogens with zero attached hydrogens (tertiary/aromatic N) is 2. The molecular weight excluding hydrogens is 264 g/mol. The second-order valence-electron chi connectivity index (χ2n) is 4.71. The predicted molar refractivity (Wildman–Crippen MR) is 71.5 cm³/mol. The number of nitrogens with one attached hydrogen (secondary N) is 2. The summed E-state index contributed by atoms with van der Waals surface area (Å²) in [4.78, 5) is 0. The minimum atomic E-state index is -0.300. The number of hydrogen-bond acceptors (Lipinski definition) is 8. The van der Waals surface area contributed by atoms with Gasteiger partial charge in [-0.15, -0.1) is 5.10 Å². The summed E-state index contributed by atoms with van der Waals surface area (Å²) in [5.74, 6) is 0.540. The van der Waals surface area contributed by atoms with E-state index in [9.17, 15) is 0 Å². The molecule has 0 saturated carbocycles. The molecule has 0 radical (unpaired) electrons. The average Bonchev–Trinajstić information content (AvgIpc) is 3.11. The molecule has 20 heavy (non-hydrogen) atoms. The average molecular weight is 286 g/mol. The highest BCUT2D eigenvalue weighted by Crippen LogP contribution is 2.22. The van der Waals surface area contributed by atoms with Crippen molar-refractivity contribution in [2.24, 2.45) is 0 Å². The monoisotopic (exact) mass is 286 g/mol. The molecule has 2 rings (SSSR count). The van der Waals surface area contributed by atoms with Gasteiger partial charge in [0.2, 0.25) is 5.89 Å². The molecule has 1 fully saturated rings. The van der Waals surface area contributed by atoms with E-state index in [4.69, 9.17) is 18.6 Å². The highest BCUT2D eigenvalue weighted by molar-refractivity contribution is 5.18. The van der Waals surface area contributed by atoms with E-state index in [1.807, 2.05) is 0 Å². The van der Waals surface area contributed by atoms with Gasteiger partial charge in [-0.3, -0.25) is 0 Å². The van der Waals surface area contributed by atoms with Gasteiger partial charge >= 0.3 is 6.01 Å². The van der Waals surface area contributed by atoms with Crippen molar-refractivity contribution >= 4 is 6.01 Å². The maximum atomic E-state index is 5.52. The van der Waals surface area contributed by atoms with E-state index in [-0.39, 0.29) is 5.60 Å². The number of aromatic nitrogens is 2. The van der Waals surface area contributed by atoms with Gasteiger partial charge in [0.15, 0.2) is 0 Å². The standard InChI is InChI=1S/C12H22N4O4/c1-17-6-4-13-7-10-15-16-11(20-10)14-8-12(18-2)3-5-19-9-12/h13H,3-9H2,1-2H3,(H,14,16). The van der Waals surface area contributed by atoms with Crippen molar-refractivity contribution in [2.45, 2.75) is 18.6 Å². The molecule has 8 heteroatoms. The summed E-state index contributed by atoms with van der Waals surface area (Å²) in [6, 6.07) is 0.400. The topological polar surface area (TPSA) is 90.7 Å². The summed E-state index contributed by atoms with van der Waals surface area (Å²) in [6.45, 7) is 3.80. The predicted octanol–water partition coefficient (Wildman–Crippen LogP) is 0.0230. The lowest BCUT2D eigenvalue weighted by atomic mass is 10.0. The quantitative estimate of drug-likeness (QED) is 0.614. The largest absolute Gasteiger partial charge is 0.407 e. The van der Waals surface area contributed by atoms with Crippen LogP contribution in [0.3, 0.4) is 0 Å². The first kappa shape index (κ1) is 15.2. The van der Waals surface area contributed by atoms with E-state index in [1.54, 1.807) is 14.2 Å². The minimum Gasteiger partial charge on any atom is -0.407 e. The van der Waals surface area contributed by atoms with Crippen LogP contribution in [0.5, 0.6) is 0 Å². The highest BCUT2D eigenvalue weighted by atomic mass is 16.5. The fourth-order valence-corrected chi connectivity index (χ4v) is 1.96. The van der Waals surface area contributed by atoms with Gasteiger partial charge in [0, 0.05) is 33.8 Å². The van der Waals surface area contributed by atoms with Crippen molar-refractivity contribution < 1.29 is 18.6 Å². The van der Waals surface area contributed by atoms with Crippen molar-refractivity contribution in [3.63, 3.8) is 0 Å². The van der Waals surface area contributed by atoms with Gasteiger partial charge in [0.05, 0.1) is 26.3 Å². The Balaban J connectivity index is 1.74. The highest BCUT2D eigenvalue weighted by Gasteiger charge is 2.35. The molecule has 1 saturated heterocycles. The molecule has 1 aromatic heterocycles. The molecule has 1 atom stereocenters. The third-order valence-electron chi connectivity index (χ3n) is 3.29. The summed E-state index contributed by atoms with van der Waals surface area (Å²) < 4.78 is 21.3. The van der Waals surface area contributed by atoms with Crippen LogP contribution >= 0.6 is 0 Å². The zero-order valence-corrected chi connectivity index (χ0v) is 12.0. The molecule has 1 aliphatic rings. The molecule has 0 aromatic carbocycles. The Morgan fingerprint density at radius 3 is 2.95 bits per heavy atom. The van der Waals surface area contributed by atoms with Gasteiger partial charge in [0.1, 0.15) is 5.60 Å². The van der Waals surface area contributed by atoms with E-state index >= 15 is 0 Å². The lowest BCUT2D eigenvalue weighted by Gasteiger charge is -2.25. The Morgan fingerprint density at radius 2 is 2.25 bits per heavy atom. The Bertz CT molecular complexity index is 393. The third-order valence-corrected chi connectivity index (χ3v) is 3.29. The number of ether oxygens (including phenoxy) is 3. The van der Waals surface area contributed by atoms with Crippen LogP contribution in [0.15, 0.2) is 4.42 Å². The van der Waals surface area contributed by atoms with Gasteiger partial charge in [-0.1, -0.05) is 5.10 Å². The zero-order chi connectivity index (χ0) is 14.3. The van der Waals surface area contributed by atoms with Crippen molar-refractivity contribution in [1.29, 1.82) is 0 Å². The fraction of sp³-hybridized carbons (Fsp3) is 0.833. The number of anilines is 1. The first-order chi connectivity index (χ1) is 9.78. The molecule has 0 amide bonds. The molecule has 1 unspecified atom stereocenters. The maximum absolute atomic E-state index is 5.52. The Hall–Kier alpha value is -1.22. The molecule has 8 nitrogen and oxygen atoms in total. The number of methoxy groups -OCH3 is 2. The SMILES string of the molecule is COCCNCc1nnc(NCC2(OC)CCOC2)o1. The third kappa shape index (κ3) is 4.14. The fourth-order valence-electron chi connectivity index (χ4n) is 1.96. The van der Waals surface area contributed by atoms with Crippen LogP contribution in [-0.4, -0.2) is 62.9 Å². The van der Waals surface area contributed by atoms with E-state index in [0.717, 1.165) is 13.0 Å². The first-order valence-electron chi connectivity index (χ1n) is 6.67. The summed E-state index contributed by atoms with van der Waals surface area (Å²) in [6.07, 6.45) is 0.857. The second kappa shape index (κ2) is 7.53. The lowest BCUT2D eigenvalue weighted by Crippen LogP contribution is -2.39. The Kier molecular flexibility index (Phi) is 5.72. The van der Waals surface area contributed by atoms with E-state index in [1.165, 1.54) is 0 Å². The van der Waals surface area contributed by atoms with Crippen LogP contribution in [0.4, 0.5) is 6.01 Å². The molecule has 2 N–H and O–H groups in total. The Morgan fingerprint density at radius 1 is 1.35 bits per heavy atom. The molecule has 0 bridgehead atoms. The van der Waals surface area contributed by atoms with Crippen LogP contribution in [0.25, 0.3) is 0 Å². The zero-order valence-electron chi connectivity index (χ0n) is 12.0. The van der Waals surface area contributed by atoms with Crippen LogP contribution in [0, 0.1) is 0 Å². The summed E-state index contributed by atoms with van der Waals surface area (Å²) in [7, 11) is 3.35. The van der Waals surface area contributed by atoms with Gasteiger partial charge < -0.3 is 29.3 Å². The van der Waals surface area contributed by atoms with Crippen LogP contribution in [-0.2, 0) is 20.8 Å². The van der Waals surface area contributed by atoms with Gasteiger partial charge in [0.25, 0.3) is 0 Å². The molecule has 114 valence electrons. The first-order valence-corrected chi connectivity index (χ1v) is 6.67. The van der Waals surface area contributed by atoms with E-state index in [0.29, 0.717) is 44.8 Å². The second-order valence-corrected chi connectivity index (χ2v) is 4.71. The normalized spacial score (nSPS) is 22.3. The van der Waals surface area contributed by atoms with Crippen molar-refractivity contribution in [1.82, 2.24) is 15.5 Å². The van der Waals surface area contributed by atoms with Gasteiger partial charge in [-0.05, 0) is 0 Å². The lowest BCUT2D eigenvalue weighted by molar-refractivity contribution is -0.00654. The minimum absolute atomic E-state index is 0.300. The number of hydrogen-bond donors (Lipinski definition) is 2. The molecule has 2 heterocycles. The molecule has 0 aliphatic carbocycles. The van der Waals surface area contributed by atoms with Gasteiger partial charge in [-0.2, -0.15) is 0 Å². The summed E-state index contributed by atoms with van der Waals surface area (Å²) in [5.41, 5.74) is -0.300. The van der Waals surface area contributed by atoms with E-state index in [2.05, 4.69) is 20.8 Å². The van der Waals surface area contributed by atoms with Crippen molar-refractivity contribution in [2.75, 3.05) is 52.4 Å². The van der Waals surface area contributed by atoms with Crippen LogP contribution in [0.1, 0.15) is 12.3 Å².